The van der Waals surface area contributed by atoms with Gasteiger partial charge in [0.25, 0.3) is 0 Å². The zero-order valence-corrected chi connectivity index (χ0v) is 15.6. The first kappa shape index (κ1) is 19.0. The van der Waals surface area contributed by atoms with E-state index in [1.807, 2.05) is 61.3 Å². The minimum absolute atomic E-state index is 0.0257. The number of benzene rings is 2. The highest BCUT2D eigenvalue weighted by atomic mass is 16.5. The Bertz CT molecular complexity index is 665. The molecule has 0 aliphatic rings. The number of rotatable bonds is 8. The Morgan fingerprint density at radius 3 is 2.40 bits per heavy atom. The van der Waals surface area contributed by atoms with Crippen molar-refractivity contribution in [2.24, 2.45) is 0 Å². The SMILES string of the molecule is Cc1cc(C)cc(OCCN(C)C(C)C(=O)NCc2ccccc2)c1. The van der Waals surface area contributed by atoms with Gasteiger partial charge in [-0.15, -0.1) is 0 Å². The Kier molecular flexibility index (Phi) is 7.02. The van der Waals surface area contributed by atoms with Crippen LogP contribution in [0.4, 0.5) is 0 Å². The minimum Gasteiger partial charge on any atom is -0.492 e. The topological polar surface area (TPSA) is 41.6 Å². The third kappa shape index (κ3) is 6.24. The van der Waals surface area contributed by atoms with E-state index in [1.54, 1.807) is 0 Å². The van der Waals surface area contributed by atoms with Crippen LogP contribution in [-0.4, -0.2) is 37.0 Å². The second kappa shape index (κ2) is 9.23. The van der Waals surface area contributed by atoms with E-state index in [0.29, 0.717) is 19.7 Å². The van der Waals surface area contributed by atoms with Gasteiger partial charge in [0.2, 0.25) is 5.91 Å². The van der Waals surface area contributed by atoms with E-state index in [4.69, 9.17) is 4.74 Å². The van der Waals surface area contributed by atoms with Crippen molar-refractivity contribution in [3.8, 4) is 5.75 Å². The van der Waals surface area contributed by atoms with Crippen LogP contribution >= 0.6 is 0 Å². The molecule has 0 saturated carbocycles. The molecule has 1 unspecified atom stereocenters. The maximum absolute atomic E-state index is 12.3. The molecule has 0 bridgehead atoms. The average molecular weight is 340 g/mol. The smallest absolute Gasteiger partial charge is 0.237 e. The summed E-state index contributed by atoms with van der Waals surface area (Å²) in [4.78, 5) is 14.3. The Hall–Kier alpha value is -2.33. The molecule has 0 radical (unpaired) electrons. The second-order valence-electron chi connectivity index (χ2n) is 6.53. The Morgan fingerprint density at radius 2 is 1.76 bits per heavy atom. The second-order valence-corrected chi connectivity index (χ2v) is 6.53. The first-order valence-corrected chi connectivity index (χ1v) is 8.68. The van der Waals surface area contributed by atoms with Crippen molar-refractivity contribution < 1.29 is 9.53 Å². The number of nitrogens with one attached hydrogen (secondary N) is 1. The van der Waals surface area contributed by atoms with E-state index in [9.17, 15) is 4.79 Å². The summed E-state index contributed by atoms with van der Waals surface area (Å²) < 4.78 is 5.82. The molecule has 25 heavy (non-hydrogen) atoms. The number of amides is 1. The summed E-state index contributed by atoms with van der Waals surface area (Å²) in [5.41, 5.74) is 3.48. The van der Waals surface area contributed by atoms with Gasteiger partial charge in [-0.3, -0.25) is 9.69 Å². The van der Waals surface area contributed by atoms with Gasteiger partial charge in [-0.2, -0.15) is 0 Å². The highest BCUT2D eigenvalue weighted by molar-refractivity contribution is 5.81. The lowest BCUT2D eigenvalue weighted by molar-refractivity contribution is -0.125. The summed E-state index contributed by atoms with van der Waals surface area (Å²) in [5, 5.41) is 2.98. The Labute approximate surface area is 150 Å². The van der Waals surface area contributed by atoms with Crippen molar-refractivity contribution in [3.05, 3.63) is 65.2 Å². The van der Waals surface area contributed by atoms with Crippen molar-refractivity contribution in [2.45, 2.75) is 33.4 Å². The van der Waals surface area contributed by atoms with Gasteiger partial charge in [0, 0.05) is 13.1 Å². The monoisotopic (exact) mass is 340 g/mol. The third-order valence-electron chi connectivity index (χ3n) is 4.26. The van der Waals surface area contributed by atoms with Crippen LogP contribution in [0.3, 0.4) is 0 Å². The zero-order valence-electron chi connectivity index (χ0n) is 15.6. The lowest BCUT2D eigenvalue weighted by Gasteiger charge is -2.24. The number of likely N-dealkylation sites (N-methyl/N-ethyl adjacent to an activating group) is 1. The number of hydrogen-bond acceptors (Lipinski definition) is 3. The number of hydrogen-bond donors (Lipinski definition) is 1. The van der Waals surface area contributed by atoms with Gasteiger partial charge in [-0.25, -0.2) is 0 Å². The molecular formula is C21H28N2O2. The molecule has 4 nitrogen and oxygen atoms in total. The third-order valence-corrected chi connectivity index (χ3v) is 4.26. The molecule has 0 fully saturated rings. The molecule has 2 aromatic carbocycles. The average Bonchev–Trinajstić information content (AvgIpc) is 2.59. The highest BCUT2D eigenvalue weighted by Gasteiger charge is 2.17. The van der Waals surface area contributed by atoms with E-state index in [-0.39, 0.29) is 11.9 Å². The normalized spacial score (nSPS) is 12.0. The number of carbonyl (C=O) groups excluding carboxylic acids is 1. The fourth-order valence-electron chi connectivity index (χ4n) is 2.65. The standard InChI is InChI=1S/C21H28N2O2/c1-16-12-17(2)14-20(13-16)25-11-10-23(4)18(3)21(24)22-15-19-8-6-5-7-9-19/h5-9,12-14,18H,10-11,15H2,1-4H3,(H,22,24). The van der Waals surface area contributed by atoms with Crippen LogP contribution in [0.25, 0.3) is 0 Å². The minimum atomic E-state index is -0.202. The molecule has 134 valence electrons. The molecule has 2 aromatic rings. The van der Waals surface area contributed by atoms with Crippen LogP contribution in [-0.2, 0) is 11.3 Å². The van der Waals surface area contributed by atoms with E-state index in [1.165, 1.54) is 11.1 Å². The molecule has 0 saturated heterocycles. The van der Waals surface area contributed by atoms with Gasteiger partial charge in [-0.05, 0) is 56.6 Å². The van der Waals surface area contributed by atoms with Crippen LogP contribution in [0.1, 0.15) is 23.6 Å². The molecular weight excluding hydrogens is 312 g/mol. The van der Waals surface area contributed by atoms with Crippen molar-refractivity contribution in [2.75, 3.05) is 20.2 Å². The van der Waals surface area contributed by atoms with Gasteiger partial charge in [-0.1, -0.05) is 36.4 Å². The lowest BCUT2D eigenvalue weighted by Crippen LogP contribution is -2.44. The molecule has 0 heterocycles. The largest absolute Gasteiger partial charge is 0.492 e. The van der Waals surface area contributed by atoms with E-state index >= 15 is 0 Å². The molecule has 0 aliphatic heterocycles. The van der Waals surface area contributed by atoms with Crippen LogP contribution in [0, 0.1) is 13.8 Å². The van der Waals surface area contributed by atoms with Gasteiger partial charge >= 0.3 is 0 Å². The number of nitrogens with zero attached hydrogens (tertiary/aromatic N) is 1. The van der Waals surface area contributed by atoms with Crippen LogP contribution in [0.2, 0.25) is 0 Å². The van der Waals surface area contributed by atoms with Crippen molar-refractivity contribution in [1.82, 2.24) is 10.2 Å². The molecule has 0 aromatic heterocycles. The summed E-state index contributed by atoms with van der Waals surface area (Å²) in [5.74, 6) is 0.907. The Morgan fingerprint density at radius 1 is 1.12 bits per heavy atom. The van der Waals surface area contributed by atoms with Crippen molar-refractivity contribution >= 4 is 5.91 Å². The fraction of sp³-hybridized carbons (Fsp3) is 0.381. The predicted octanol–water partition coefficient (Wildman–Crippen LogP) is 3.32. The Balaban J connectivity index is 1.75. The first-order valence-electron chi connectivity index (χ1n) is 8.68. The summed E-state index contributed by atoms with van der Waals surface area (Å²) in [6.45, 7) is 7.83. The van der Waals surface area contributed by atoms with E-state index in [2.05, 4.69) is 25.2 Å². The number of ether oxygens (including phenoxy) is 1. The molecule has 0 spiro atoms. The number of aryl methyl sites for hydroxylation is 2. The molecule has 4 heteroatoms. The lowest BCUT2D eigenvalue weighted by atomic mass is 10.1. The van der Waals surface area contributed by atoms with Gasteiger partial charge < -0.3 is 10.1 Å². The quantitative estimate of drug-likeness (QED) is 0.801. The summed E-state index contributed by atoms with van der Waals surface area (Å²) in [6.07, 6.45) is 0. The van der Waals surface area contributed by atoms with Crippen LogP contribution in [0.5, 0.6) is 5.75 Å². The molecule has 2 rings (SSSR count). The highest BCUT2D eigenvalue weighted by Crippen LogP contribution is 2.16. The summed E-state index contributed by atoms with van der Waals surface area (Å²) >= 11 is 0. The van der Waals surface area contributed by atoms with Gasteiger partial charge in [0.15, 0.2) is 0 Å². The molecule has 1 N–H and O–H groups in total. The maximum atomic E-state index is 12.3. The molecule has 1 atom stereocenters. The predicted molar refractivity (Wildman–Crippen MR) is 102 cm³/mol. The van der Waals surface area contributed by atoms with Crippen molar-refractivity contribution in [3.63, 3.8) is 0 Å². The fourth-order valence-corrected chi connectivity index (χ4v) is 2.65. The summed E-state index contributed by atoms with van der Waals surface area (Å²) in [7, 11) is 1.94. The van der Waals surface area contributed by atoms with Gasteiger partial charge in [0.1, 0.15) is 12.4 Å². The summed E-state index contributed by atoms with van der Waals surface area (Å²) in [6, 6.07) is 15.9. The van der Waals surface area contributed by atoms with Crippen molar-refractivity contribution in [1.29, 1.82) is 0 Å². The molecule has 0 aliphatic carbocycles. The maximum Gasteiger partial charge on any atom is 0.237 e. The zero-order chi connectivity index (χ0) is 18.2. The van der Waals surface area contributed by atoms with Gasteiger partial charge in [0.05, 0.1) is 6.04 Å². The molecule has 1 amide bonds. The van der Waals surface area contributed by atoms with Crippen LogP contribution in [0.15, 0.2) is 48.5 Å². The number of carbonyl (C=O) groups is 1. The van der Waals surface area contributed by atoms with E-state index in [0.717, 1.165) is 11.3 Å². The van der Waals surface area contributed by atoms with Crippen LogP contribution < -0.4 is 10.1 Å². The first-order chi connectivity index (χ1) is 12.0. The van der Waals surface area contributed by atoms with E-state index < -0.39 is 0 Å².